The number of rotatable bonds is 3. The molecule has 0 saturated heterocycles. The van der Waals surface area contributed by atoms with Gasteiger partial charge in [0.05, 0.1) is 0 Å². The molecule has 13 heavy (non-hydrogen) atoms. The highest BCUT2D eigenvalue weighted by Gasteiger charge is 2.08. The first-order chi connectivity index (χ1) is 6.15. The van der Waals surface area contributed by atoms with Crippen molar-refractivity contribution in [1.82, 2.24) is 0 Å². The van der Waals surface area contributed by atoms with Gasteiger partial charge in [-0.1, -0.05) is 6.07 Å². The van der Waals surface area contributed by atoms with Crippen LogP contribution in [0.5, 0.6) is 0 Å². The first-order valence-corrected chi connectivity index (χ1v) is 3.96. The molecule has 2 nitrogen and oxygen atoms in total. The lowest BCUT2D eigenvalue weighted by molar-refractivity contribution is 0.276. The average Bonchev–Trinajstić information content (AvgIpc) is 2.10. The minimum atomic E-state index is -0.911. The Morgan fingerprint density at radius 1 is 1.31 bits per heavy atom. The average molecular weight is 187 g/mol. The van der Waals surface area contributed by atoms with E-state index in [4.69, 9.17) is 10.8 Å². The molecule has 0 bridgehead atoms. The van der Waals surface area contributed by atoms with Crippen molar-refractivity contribution >= 4 is 0 Å². The molecule has 0 unspecified atom stereocenters. The van der Waals surface area contributed by atoms with Crippen molar-refractivity contribution in [2.24, 2.45) is 5.73 Å². The number of halogens is 2. The largest absolute Gasteiger partial charge is 0.396 e. The summed E-state index contributed by atoms with van der Waals surface area (Å²) in [5.41, 5.74) is 6.07. The number of aliphatic hydroxyl groups excluding tert-OH is 1. The Kier molecular flexibility index (Phi) is 3.33. The molecule has 0 heterocycles. The van der Waals surface area contributed by atoms with Crippen molar-refractivity contribution in [2.45, 2.75) is 12.5 Å². The molecule has 1 atom stereocenters. The summed E-state index contributed by atoms with van der Waals surface area (Å²) >= 11 is 0. The predicted octanol–water partition coefficient (Wildman–Crippen LogP) is 1.35. The predicted molar refractivity (Wildman–Crippen MR) is 45.0 cm³/mol. The van der Waals surface area contributed by atoms with Crippen molar-refractivity contribution in [3.8, 4) is 0 Å². The molecular weight excluding hydrogens is 176 g/mol. The maximum absolute atomic E-state index is 12.7. The molecule has 4 heteroatoms. The summed E-state index contributed by atoms with van der Waals surface area (Å²) in [6.45, 7) is -0.0693. The molecule has 0 aliphatic carbocycles. The fraction of sp³-hybridized carbons (Fsp3) is 0.333. The van der Waals surface area contributed by atoms with Crippen molar-refractivity contribution in [2.75, 3.05) is 6.61 Å². The topological polar surface area (TPSA) is 46.2 Å². The zero-order valence-electron chi connectivity index (χ0n) is 7.00. The van der Waals surface area contributed by atoms with Crippen molar-refractivity contribution in [1.29, 1.82) is 0 Å². The van der Waals surface area contributed by atoms with Crippen LogP contribution in [-0.4, -0.2) is 11.7 Å². The zero-order chi connectivity index (χ0) is 9.84. The first kappa shape index (κ1) is 10.1. The number of aliphatic hydroxyl groups is 1. The summed E-state index contributed by atoms with van der Waals surface area (Å²) in [6, 6.07) is 3.05. The molecule has 0 aliphatic rings. The van der Waals surface area contributed by atoms with Crippen LogP contribution in [0.2, 0.25) is 0 Å². The number of hydrogen-bond donors (Lipinski definition) is 2. The van der Waals surface area contributed by atoms with Crippen LogP contribution in [0.25, 0.3) is 0 Å². The van der Waals surface area contributed by atoms with Gasteiger partial charge in [-0.3, -0.25) is 0 Å². The monoisotopic (exact) mass is 187 g/mol. The van der Waals surface area contributed by atoms with Crippen LogP contribution in [0.3, 0.4) is 0 Å². The van der Waals surface area contributed by atoms with E-state index in [1.165, 1.54) is 6.07 Å². The Balaban J connectivity index is 2.84. The van der Waals surface area contributed by atoms with Crippen molar-refractivity contribution in [3.63, 3.8) is 0 Å². The van der Waals surface area contributed by atoms with Gasteiger partial charge in [-0.2, -0.15) is 0 Å². The Labute approximate surface area is 75.0 Å². The Bertz CT molecular complexity index is 291. The molecule has 1 aromatic rings. The Morgan fingerprint density at radius 3 is 2.54 bits per heavy atom. The molecule has 0 spiro atoms. The van der Waals surface area contributed by atoms with E-state index < -0.39 is 17.7 Å². The zero-order valence-corrected chi connectivity index (χ0v) is 7.00. The lowest BCUT2D eigenvalue weighted by Crippen LogP contribution is -2.12. The molecule has 0 saturated carbocycles. The summed E-state index contributed by atoms with van der Waals surface area (Å²) in [4.78, 5) is 0. The maximum Gasteiger partial charge on any atom is 0.159 e. The molecule has 0 aliphatic heterocycles. The second-order valence-electron chi connectivity index (χ2n) is 2.79. The fourth-order valence-electron chi connectivity index (χ4n) is 1.05. The van der Waals surface area contributed by atoms with Gasteiger partial charge in [0, 0.05) is 12.6 Å². The van der Waals surface area contributed by atoms with Crippen molar-refractivity contribution in [3.05, 3.63) is 35.4 Å². The molecule has 0 amide bonds. The van der Waals surface area contributed by atoms with Gasteiger partial charge < -0.3 is 10.8 Å². The molecule has 3 N–H and O–H groups in total. The van der Waals surface area contributed by atoms with Gasteiger partial charge in [0.2, 0.25) is 0 Å². The van der Waals surface area contributed by atoms with E-state index in [-0.39, 0.29) is 6.61 Å². The van der Waals surface area contributed by atoms with E-state index in [1.807, 2.05) is 0 Å². The highest BCUT2D eigenvalue weighted by molar-refractivity contribution is 5.20. The van der Waals surface area contributed by atoms with Gasteiger partial charge in [0.15, 0.2) is 11.6 Å². The minimum absolute atomic E-state index is 0.0693. The Hall–Kier alpha value is -1.00. The van der Waals surface area contributed by atoms with Crippen LogP contribution in [0.1, 0.15) is 18.0 Å². The quantitative estimate of drug-likeness (QED) is 0.750. The minimum Gasteiger partial charge on any atom is -0.396 e. The highest BCUT2D eigenvalue weighted by Crippen LogP contribution is 2.16. The third-order valence-electron chi connectivity index (χ3n) is 1.81. The molecule has 0 fully saturated rings. The van der Waals surface area contributed by atoms with E-state index in [9.17, 15) is 8.78 Å². The van der Waals surface area contributed by atoms with Gasteiger partial charge in [-0.25, -0.2) is 8.78 Å². The number of nitrogens with two attached hydrogens (primary N) is 1. The van der Waals surface area contributed by atoms with E-state index in [2.05, 4.69) is 0 Å². The van der Waals surface area contributed by atoms with Gasteiger partial charge in [-0.05, 0) is 24.1 Å². The number of hydrogen-bond acceptors (Lipinski definition) is 2. The van der Waals surface area contributed by atoms with Gasteiger partial charge in [0.1, 0.15) is 0 Å². The van der Waals surface area contributed by atoms with Crippen LogP contribution in [0.15, 0.2) is 18.2 Å². The van der Waals surface area contributed by atoms with Crippen LogP contribution in [0, 0.1) is 11.6 Å². The van der Waals surface area contributed by atoms with Gasteiger partial charge in [-0.15, -0.1) is 0 Å². The molecule has 72 valence electrons. The third kappa shape index (κ3) is 2.47. The van der Waals surface area contributed by atoms with Crippen LogP contribution >= 0.6 is 0 Å². The fourth-order valence-corrected chi connectivity index (χ4v) is 1.05. The normalized spacial score (nSPS) is 12.9. The van der Waals surface area contributed by atoms with E-state index >= 15 is 0 Å². The lowest BCUT2D eigenvalue weighted by Gasteiger charge is -2.09. The van der Waals surface area contributed by atoms with Crippen LogP contribution in [-0.2, 0) is 0 Å². The molecule has 0 aromatic heterocycles. The Morgan fingerprint density at radius 2 is 2.00 bits per heavy atom. The van der Waals surface area contributed by atoms with Crippen molar-refractivity contribution < 1.29 is 13.9 Å². The second kappa shape index (κ2) is 4.30. The standard InChI is InChI=1S/C9H11F2NO/c10-7-2-1-6(5-8(7)11)9(12)3-4-13/h1-2,5,9,13H,3-4,12H2/t9-/m1/s1. The number of benzene rings is 1. The summed E-state index contributed by atoms with van der Waals surface area (Å²) in [6.07, 6.45) is 0.338. The molecule has 1 rings (SSSR count). The molecule has 0 radical (unpaired) electrons. The van der Waals surface area contributed by atoms with Gasteiger partial charge >= 0.3 is 0 Å². The highest BCUT2D eigenvalue weighted by atomic mass is 19.2. The summed E-state index contributed by atoms with van der Waals surface area (Å²) in [7, 11) is 0. The first-order valence-electron chi connectivity index (χ1n) is 3.96. The summed E-state index contributed by atoms with van der Waals surface area (Å²) in [5.74, 6) is -1.80. The van der Waals surface area contributed by atoms with Crippen LogP contribution < -0.4 is 5.73 Å². The van der Waals surface area contributed by atoms with E-state index in [0.29, 0.717) is 12.0 Å². The molecular formula is C9H11F2NO. The maximum atomic E-state index is 12.7. The second-order valence-corrected chi connectivity index (χ2v) is 2.79. The lowest BCUT2D eigenvalue weighted by atomic mass is 10.1. The SMILES string of the molecule is N[C@H](CCO)c1ccc(F)c(F)c1. The van der Waals surface area contributed by atoms with E-state index in [1.54, 1.807) is 0 Å². The third-order valence-corrected chi connectivity index (χ3v) is 1.81. The van der Waals surface area contributed by atoms with Gasteiger partial charge in [0.25, 0.3) is 0 Å². The van der Waals surface area contributed by atoms with E-state index in [0.717, 1.165) is 12.1 Å². The summed E-state index contributed by atoms with van der Waals surface area (Å²) in [5, 5.41) is 8.57. The smallest absolute Gasteiger partial charge is 0.159 e. The summed E-state index contributed by atoms with van der Waals surface area (Å²) < 4.78 is 25.2. The van der Waals surface area contributed by atoms with Crippen LogP contribution in [0.4, 0.5) is 8.78 Å². The molecule has 1 aromatic carbocycles.